The number of furan rings is 1. The maximum Gasteiger partial charge on any atom is 0.235 e. The van der Waals surface area contributed by atoms with Crippen LogP contribution in [0.15, 0.2) is 199 Å². The van der Waals surface area contributed by atoms with Gasteiger partial charge < -0.3 is 8.98 Å². The fourth-order valence-corrected chi connectivity index (χ4v) is 9.55. The third kappa shape index (κ3) is 4.61. The van der Waals surface area contributed by atoms with Crippen LogP contribution in [0.4, 0.5) is 0 Å². The van der Waals surface area contributed by atoms with Crippen LogP contribution in [-0.4, -0.2) is 19.1 Å². The molecule has 0 saturated heterocycles. The van der Waals surface area contributed by atoms with Crippen molar-refractivity contribution in [3.05, 3.63) is 194 Å². The van der Waals surface area contributed by atoms with Crippen LogP contribution >= 0.6 is 0 Å². The van der Waals surface area contributed by atoms with Crippen molar-refractivity contribution in [3.63, 3.8) is 0 Å². The largest absolute Gasteiger partial charge is 0.456 e. The van der Waals surface area contributed by atoms with E-state index >= 15 is 0 Å². The summed E-state index contributed by atoms with van der Waals surface area (Å²) in [5, 5.41) is 10.2. The maximum atomic E-state index is 6.52. The second-order valence-electron chi connectivity index (χ2n) is 15.3. The molecule has 13 aromatic rings. The Balaban J connectivity index is 1.19. The molecule has 0 N–H and O–H groups in total. The van der Waals surface area contributed by atoms with E-state index in [1.54, 1.807) is 0 Å². The second-order valence-corrected chi connectivity index (χ2v) is 15.3. The Labute approximate surface area is 337 Å². The molecule has 0 radical (unpaired) electrons. The molecule has 0 aliphatic heterocycles. The molecule has 274 valence electrons. The van der Waals surface area contributed by atoms with E-state index in [-0.39, 0.29) is 0 Å². The van der Waals surface area contributed by atoms with Crippen molar-refractivity contribution in [1.29, 1.82) is 0 Å². The first-order valence-electron chi connectivity index (χ1n) is 20.0. The van der Waals surface area contributed by atoms with E-state index in [0.29, 0.717) is 5.95 Å². The molecule has 0 aliphatic rings. The molecule has 59 heavy (non-hydrogen) atoms. The van der Waals surface area contributed by atoms with Crippen LogP contribution in [0.5, 0.6) is 0 Å². The number of fused-ring (bicyclic) bond motifs is 13. The van der Waals surface area contributed by atoms with Gasteiger partial charge >= 0.3 is 0 Å². The third-order valence-electron chi connectivity index (χ3n) is 12.1. The summed E-state index contributed by atoms with van der Waals surface area (Å²) in [4.78, 5) is 10.9. The molecule has 4 aromatic heterocycles. The summed E-state index contributed by atoms with van der Waals surface area (Å²) in [6.07, 6.45) is 0. The minimum atomic E-state index is 0.623. The third-order valence-corrected chi connectivity index (χ3v) is 12.1. The van der Waals surface area contributed by atoms with Crippen molar-refractivity contribution in [2.45, 2.75) is 0 Å². The summed E-state index contributed by atoms with van der Waals surface area (Å²) in [6.45, 7) is 0. The van der Waals surface area contributed by atoms with Gasteiger partial charge in [0.2, 0.25) is 5.95 Å². The van der Waals surface area contributed by atoms with E-state index < -0.39 is 0 Å². The van der Waals surface area contributed by atoms with Gasteiger partial charge in [0.25, 0.3) is 0 Å². The van der Waals surface area contributed by atoms with Gasteiger partial charge in [-0.1, -0.05) is 158 Å². The SMILES string of the molecule is c1ccc(-c2ccc(-c3nc(-n4c5ccccc5c5ccc6c7c8c(ccc7n(-c7cccc9ccccc79)c6c54)oc4ccccc48)nc4ccccc34)cc2)cc1. The highest BCUT2D eigenvalue weighted by atomic mass is 16.3. The summed E-state index contributed by atoms with van der Waals surface area (Å²) < 4.78 is 11.3. The van der Waals surface area contributed by atoms with Gasteiger partial charge in [0, 0.05) is 48.7 Å². The number of hydrogen-bond donors (Lipinski definition) is 0. The van der Waals surface area contributed by atoms with Gasteiger partial charge in [-0.05, 0) is 52.9 Å². The van der Waals surface area contributed by atoms with Gasteiger partial charge in [-0.2, -0.15) is 0 Å². The molecule has 13 rings (SSSR count). The lowest BCUT2D eigenvalue weighted by Gasteiger charge is -2.15. The zero-order valence-electron chi connectivity index (χ0n) is 31.7. The summed E-state index contributed by atoms with van der Waals surface area (Å²) in [6, 6.07) is 68.8. The molecule has 0 amide bonds. The van der Waals surface area contributed by atoms with Crippen molar-refractivity contribution in [3.8, 4) is 34.0 Å². The molecule has 0 atom stereocenters. The summed E-state index contributed by atoms with van der Waals surface area (Å²) >= 11 is 0. The number of rotatable bonds is 4. The highest BCUT2D eigenvalue weighted by Gasteiger charge is 2.26. The smallest absolute Gasteiger partial charge is 0.235 e. The monoisotopic (exact) mass is 752 g/mol. The van der Waals surface area contributed by atoms with E-state index in [1.807, 2.05) is 6.07 Å². The molecular formula is C54H32N4O. The van der Waals surface area contributed by atoms with E-state index in [2.05, 4.69) is 197 Å². The molecule has 0 saturated carbocycles. The number of hydrogen-bond acceptors (Lipinski definition) is 3. The minimum Gasteiger partial charge on any atom is -0.456 e. The minimum absolute atomic E-state index is 0.623. The van der Waals surface area contributed by atoms with Crippen molar-refractivity contribution in [1.82, 2.24) is 19.1 Å². The summed E-state index contributed by atoms with van der Waals surface area (Å²) in [5.41, 5.74) is 12.3. The van der Waals surface area contributed by atoms with Crippen LogP contribution in [0.25, 0.3) is 121 Å². The number of para-hydroxylation sites is 3. The first-order valence-corrected chi connectivity index (χ1v) is 20.0. The molecule has 0 aliphatic carbocycles. The maximum absolute atomic E-state index is 6.52. The predicted molar refractivity (Wildman–Crippen MR) is 244 cm³/mol. The van der Waals surface area contributed by atoms with Crippen LogP contribution in [0.2, 0.25) is 0 Å². The van der Waals surface area contributed by atoms with Crippen LogP contribution in [-0.2, 0) is 0 Å². The lowest BCUT2D eigenvalue weighted by atomic mass is 10.0. The zero-order valence-corrected chi connectivity index (χ0v) is 31.7. The van der Waals surface area contributed by atoms with Gasteiger partial charge in [-0.3, -0.25) is 4.57 Å². The topological polar surface area (TPSA) is 48.8 Å². The lowest BCUT2D eigenvalue weighted by Crippen LogP contribution is -2.05. The van der Waals surface area contributed by atoms with Crippen LogP contribution in [0.3, 0.4) is 0 Å². The number of benzene rings is 9. The molecule has 0 bridgehead atoms. The lowest BCUT2D eigenvalue weighted by molar-refractivity contribution is 0.669. The molecule has 5 heteroatoms. The van der Waals surface area contributed by atoms with E-state index in [4.69, 9.17) is 14.4 Å². The van der Waals surface area contributed by atoms with Crippen LogP contribution < -0.4 is 0 Å². The highest BCUT2D eigenvalue weighted by molar-refractivity contribution is 6.32. The zero-order chi connectivity index (χ0) is 38.6. The van der Waals surface area contributed by atoms with Crippen LogP contribution in [0.1, 0.15) is 0 Å². The highest BCUT2D eigenvalue weighted by Crippen LogP contribution is 2.46. The molecule has 0 fully saturated rings. The van der Waals surface area contributed by atoms with Gasteiger partial charge in [-0.25, -0.2) is 9.97 Å². The van der Waals surface area contributed by atoms with Crippen molar-refractivity contribution in [2.24, 2.45) is 0 Å². The predicted octanol–water partition coefficient (Wildman–Crippen LogP) is 14.2. The standard InChI is InChI=1S/C54H32N4O/c1-2-13-33(14-3-1)34-25-27-36(28-26-34)51-40-19-6-9-21-43(40)55-54(56-51)58-45-22-10-7-18-38(45)39-29-30-42-49-46(31-32-48-50(49)41-20-8-11-24-47(41)59-48)57(53(42)52(39)58)44-23-12-16-35-15-4-5-17-37(35)44/h1-32H. The quantitative estimate of drug-likeness (QED) is 0.180. The van der Waals surface area contributed by atoms with Crippen molar-refractivity contribution in [2.75, 3.05) is 0 Å². The summed E-state index contributed by atoms with van der Waals surface area (Å²) in [5.74, 6) is 0.623. The number of aromatic nitrogens is 4. The Hall–Kier alpha value is -8.02. The Morgan fingerprint density at radius 2 is 1.02 bits per heavy atom. The molecule has 5 nitrogen and oxygen atoms in total. The number of nitrogens with zero attached hydrogens (tertiary/aromatic N) is 4. The first kappa shape index (κ1) is 32.1. The van der Waals surface area contributed by atoms with E-state index in [9.17, 15) is 0 Å². The molecule has 9 aromatic carbocycles. The van der Waals surface area contributed by atoms with Crippen LogP contribution in [0, 0.1) is 0 Å². The molecule has 4 heterocycles. The Bertz CT molecular complexity index is 3830. The van der Waals surface area contributed by atoms with Gasteiger partial charge in [0.15, 0.2) is 0 Å². The molecule has 0 spiro atoms. The van der Waals surface area contributed by atoms with Gasteiger partial charge in [-0.15, -0.1) is 0 Å². The first-order chi connectivity index (χ1) is 29.3. The van der Waals surface area contributed by atoms with E-state index in [1.165, 1.54) is 21.9 Å². The normalized spacial score (nSPS) is 12.1. The molecule has 0 unspecified atom stereocenters. The van der Waals surface area contributed by atoms with Crippen molar-refractivity contribution >= 4 is 87.2 Å². The average molecular weight is 753 g/mol. The van der Waals surface area contributed by atoms with E-state index in [0.717, 1.165) is 93.4 Å². The second kappa shape index (κ2) is 12.2. The Morgan fingerprint density at radius 3 is 1.90 bits per heavy atom. The Morgan fingerprint density at radius 1 is 0.356 bits per heavy atom. The fourth-order valence-electron chi connectivity index (χ4n) is 9.55. The fraction of sp³-hybridized carbons (Fsp3) is 0. The molecular weight excluding hydrogens is 721 g/mol. The van der Waals surface area contributed by atoms with Gasteiger partial charge in [0.1, 0.15) is 11.2 Å². The average Bonchev–Trinajstić information content (AvgIpc) is 3.96. The Kier molecular flexibility index (Phi) is 6.66. The van der Waals surface area contributed by atoms with Crippen molar-refractivity contribution < 1.29 is 4.42 Å². The summed E-state index contributed by atoms with van der Waals surface area (Å²) in [7, 11) is 0. The van der Waals surface area contributed by atoms with Gasteiger partial charge in [0.05, 0.1) is 39.0 Å².